The van der Waals surface area contributed by atoms with Gasteiger partial charge < -0.3 is 9.09 Å². The van der Waals surface area contributed by atoms with Gasteiger partial charge in [-0.05, 0) is 6.07 Å². The Bertz CT molecular complexity index is 780. The molecule has 0 aliphatic heterocycles. The Balaban J connectivity index is 1.87. The molecule has 0 amide bonds. The molecule has 3 rings (SSSR count). The molecular weight excluding hydrogens is 304 g/mol. The van der Waals surface area contributed by atoms with Gasteiger partial charge in [-0.25, -0.2) is 9.37 Å². The number of alkyl halides is 3. The van der Waals surface area contributed by atoms with E-state index in [4.69, 9.17) is 0 Å². The lowest BCUT2D eigenvalue weighted by molar-refractivity contribution is -0.159. The van der Waals surface area contributed by atoms with E-state index in [1.165, 1.54) is 18.5 Å². The number of rotatable bonds is 3. The van der Waals surface area contributed by atoms with Crippen LogP contribution in [0.2, 0.25) is 0 Å². The standard InChI is InChI=1S/C13H8F4N4O/c14-10-5-8(11-19-12(22-20-11)13(15,16)17)1-2-9(10)6-21-4-3-18-7-21/h1-5,7H,6H2. The summed E-state index contributed by atoms with van der Waals surface area (Å²) < 4.78 is 57.0. The summed E-state index contributed by atoms with van der Waals surface area (Å²) in [7, 11) is 0. The van der Waals surface area contributed by atoms with Crippen molar-refractivity contribution in [3.05, 3.63) is 54.2 Å². The van der Waals surface area contributed by atoms with E-state index in [1.807, 2.05) is 0 Å². The van der Waals surface area contributed by atoms with Gasteiger partial charge in [0.2, 0.25) is 5.82 Å². The lowest BCUT2D eigenvalue weighted by Gasteiger charge is -2.05. The molecular formula is C13H8F4N4O. The highest BCUT2D eigenvalue weighted by molar-refractivity contribution is 5.55. The van der Waals surface area contributed by atoms with E-state index in [-0.39, 0.29) is 17.9 Å². The SMILES string of the molecule is Fc1cc(-c2noc(C(F)(F)F)n2)ccc1Cn1ccnc1. The van der Waals surface area contributed by atoms with Crippen LogP contribution in [0.5, 0.6) is 0 Å². The van der Waals surface area contributed by atoms with Gasteiger partial charge in [0, 0.05) is 23.5 Å². The number of imidazole rings is 1. The Morgan fingerprint density at radius 2 is 2.05 bits per heavy atom. The maximum Gasteiger partial charge on any atom is 0.471 e. The van der Waals surface area contributed by atoms with E-state index >= 15 is 0 Å². The van der Waals surface area contributed by atoms with Gasteiger partial charge in [-0.2, -0.15) is 18.2 Å². The van der Waals surface area contributed by atoms with Gasteiger partial charge in [-0.15, -0.1) is 0 Å². The van der Waals surface area contributed by atoms with Gasteiger partial charge in [-0.1, -0.05) is 17.3 Å². The van der Waals surface area contributed by atoms with Gasteiger partial charge in [0.1, 0.15) is 5.82 Å². The van der Waals surface area contributed by atoms with E-state index in [1.54, 1.807) is 17.0 Å². The second-order valence-corrected chi connectivity index (χ2v) is 4.46. The van der Waals surface area contributed by atoms with Crippen LogP contribution in [0.3, 0.4) is 0 Å². The molecule has 0 saturated carbocycles. The summed E-state index contributed by atoms with van der Waals surface area (Å²) in [6.07, 6.45) is 0.0275. The van der Waals surface area contributed by atoms with Crippen LogP contribution in [0.1, 0.15) is 11.5 Å². The molecule has 0 atom stereocenters. The second-order valence-electron chi connectivity index (χ2n) is 4.46. The fourth-order valence-electron chi connectivity index (χ4n) is 1.85. The molecule has 0 aliphatic rings. The number of hydrogen-bond donors (Lipinski definition) is 0. The van der Waals surface area contributed by atoms with Crippen LogP contribution in [0.25, 0.3) is 11.4 Å². The quantitative estimate of drug-likeness (QED) is 0.697. The van der Waals surface area contributed by atoms with Crippen molar-refractivity contribution < 1.29 is 22.1 Å². The summed E-state index contributed by atoms with van der Waals surface area (Å²) in [6, 6.07) is 3.95. The van der Waals surface area contributed by atoms with Crippen molar-refractivity contribution in [2.24, 2.45) is 0 Å². The highest BCUT2D eigenvalue weighted by Crippen LogP contribution is 2.29. The summed E-state index contributed by atoms with van der Waals surface area (Å²) in [6.45, 7) is 0.256. The third-order valence-electron chi connectivity index (χ3n) is 2.89. The summed E-state index contributed by atoms with van der Waals surface area (Å²) in [4.78, 5) is 7.05. The maximum atomic E-state index is 14.0. The van der Waals surface area contributed by atoms with Crippen LogP contribution in [-0.4, -0.2) is 19.7 Å². The Labute approximate surface area is 121 Å². The first-order valence-electron chi connectivity index (χ1n) is 6.09. The fraction of sp³-hybridized carbons (Fsp3) is 0.154. The summed E-state index contributed by atoms with van der Waals surface area (Å²) in [5.41, 5.74) is 0.465. The van der Waals surface area contributed by atoms with Gasteiger partial charge in [-0.3, -0.25) is 0 Å². The second kappa shape index (κ2) is 5.24. The zero-order chi connectivity index (χ0) is 15.7. The first-order valence-corrected chi connectivity index (χ1v) is 6.09. The van der Waals surface area contributed by atoms with Crippen molar-refractivity contribution in [2.75, 3.05) is 0 Å². The van der Waals surface area contributed by atoms with Crippen LogP contribution < -0.4 is 0 Å². The van der Waals surface area contributed by atoms with Crippen LogP contribution >= 0.6 is 0 Å². The van der Waals surface area contributed by atoms with Crippen LogP contribution in [0, 0.1) is 5.82 Å². The molecule has 0 fully saturated rings. The number of aromatic nitrogens is 4. The Kier molecular flexibility index (Phi) is 3.39. The van der Waals surface area contributed by atoms with E-state index in [0.717, 1.165) is 6.07 Å². The predicted octanol–water partition coefficient (Wildman–Crippen LogP) is 3.14. The predicted molar refractivity (Wildman–Crippen MR) is 66.0 cm³/mol. The summed E-state index contributed by atoms with van der Waals surface area (Å²) >= 11 is 0. The normalized spacial score (nSPS) is 11.8. The van der Waals surface area contributed by atoms with Gasteiger partial charge >= 0.3 is 12.1 Å². The number of hydrogen-bond acceptors (Lipinski definition) is 4. The molecule has 0 N–H and O–H groups in total. The number of halogens is 4. The smallest absolute Gasteiger partial charge is 0.333 e. The van der Waals surface area contributed by atoms with E-state index in [0.29, 0.717) is 5.56 Å². The Hall–Kier alpha value is -2.71. The molecule has 3 aromatic rings. The van der Waals surface area contributed by atoms with E-state index < -0.39 is 17.9 Å². The molecule has 2 heterocycles. The molecule has 2 aromatic heterocycles. The van der Waals surface area contributed by atoms with Crippen LogP contribution in [0.4, 0.5) is 17.6 Å². The molecule has 0 saturated heterocycles. The Morgan fingerprint density at radius 1 is 1.23 bits per heavy atom. The van der Waals surface area contributed by atoms with Crippen molar-refractivity contribution in [1.82, 2.24) is 19.7 Å². The molecule has 0 unspecified atom stereocenters. The number of benzene rings is 1. The maximum absolute atomic E-state index is 14.0. The van der Waals surface area contributed by atoms with Crippen molar-refractivity contribution >= 4 is 0 Å². The third-order valence-corrected chi connectivity index (χ3v) is 2.89. The van der Waals surface area contributed by atoms with Gasteiger partial charge in [0.25, 0.3) is 0 Å². The molecule has 5 nitrogen and oxygen atoms in total. The minimum Gasteiger partial charge on any atom is -0.333 e. The molecule has 0 spiro atoms. The van der Waals surface area contributed by atoms with Crippen molar-refractivity contribution in [3.8, 4) is 11.4 Å². The first-order chi connectivity index (χ1) is 10.4. The molecule has 9 heteroatoms. The van der Waals surface area contributed by atoms with E-state index in [9.17, 15) is 17.6 Å². The fourth-order valence-corrected chi connectivity index (χ4v) is 1.85. The van der Waals surface area contributed by atoms with Crippen molar-refractivity contribution in [2.45, 2.75) is 12.7 Å². The highest BCUT2D eigenvalue weighted by atomic mass is 19.4. The molecule has 0 radical (unpaired) electrons. The minimum atomic E-state index is -4.73. The Morgan fingerprint density at radius 3 is 2.64 bits per heavy atom. The summed E-state index contributed by atoms with van der Waals surface area (Å²) in [5, 5.41) is 3.21. The third kappa shape index (κ3) is 2.83. The molecule has 0 bridgehead atoms. The molecule has 22 heavy (non-hydrogen) atoms. The van der Waals surface area contributed by atoms with Gasteiger partial charge in [0.05, 0.1) is 12.9 Å². The monoisotopic (exact) mass is 312 g/mol. The summed E-state index contributed by atoms with van der Waals surface area (Å²) in [5.74, 6) is -2.37. The average molecular weight is 312 g/mol. The van der Waals surface area contributed by atoms with Gasteiger partial charge in [0.15, 0.2) is 0 Å². The van der Waals surface area contributed by atoms with Crippen LogP contribution in [-0.2, 0) is 12.7 Å². The first kappa shape index (κ1) is 14.2. The lowest BCUT2D eigenvalue weighted by atomic mass is 10.1. The minimum absolute atomic E-state index is 0.103. The van der Waals surface area contributed by atoms with E-state index in [2.05, 4.69) is 19.6 Å². The van der Waals surface area contributed by atoms with Crippen LogP contribution in [0.15, 0.2) is 41.4 Å². The average Bonchev–Trinajstić information content (AvgIpc) is 3.11. The van der Waals surface area contributed by atoms with Crippen molar-refractivity contribution in [1.29, 1.82) is 0 Å². The molecule has 114 valence electrons. The largest absolute Gasteiger partial charge is 0.471 e. The van der Waals surface area contributed by atoms with Crippen molar-refractivity contribution in [3.63, 3.8) is 0 Å². The number of nitrogens with zero attached hydrogens (tertiary/aromatic N) is 4. The zero-order valence-corrected chi connectivity index (χ0v) is 10.9. The molecule has 0 aliphatic carbocycles. The lowest BCUT2D eigenvalue weighted by Crippen LogP contribution is -2.05. The molecule has 1 aromatic carbocycles. The topological polar surface area (TPSA) is 56.7 Å². The zero-order valence-electron chi connectivity index (χ0n) is 10.9. The highest BCUT2D eigenvalue weighted by Gasteiger charge is 2.38.